The van der Waals surface area contributed by atoms with E-state index < -0.39 is 109 Å². The van der Waals surface area contributed by atoms with Crippen LogP contribution in [0.1, 0.15) is 26.7 Å². The molecule has 0 unspecified atom stereocenters. The van der Waals surface area contributed by atoms with Gasteiger partial charge in [-0.3, -0.25) is 9.35 Å². The minimum atomic E-state index is -8.81. The van der Waals surface area contributed by atoms with E-state index in [1.165, 1.54) is 0 Å². The highest BCUT2D eigenvalue weighted by Gasteiger charge is 2.95. The third-order valence-corrected chi connectivity index (χ3v) is 7.91. The first-order valence-electron chi connectivity index (χ1n) is 10.4. The largest absolute Gasteiger partial charge is 0.460 e. The highest BCUT2D eigenvalue weighted by atomic mass is 32.2. The van der Waals surface area contributed by atoms with Crippen LogP contribution >= 0.6 is 0 Å². The fourth-order valence-electron chi connectivity index (χ4n) is 2.92. The highest BCUT2D eigenvalue weighted by molar-refractivity contribution is 7.91. The van der Waals surface area contributed by atoms with Crippen LogP contribution in [0.25, 0.3) is 0 Å². The van der Waals surface area contributed by atoms with Crippen molar-refractivity contribution >= 4 is 25.9 Å². The number of sulfone groups is 1. The normalized spacial score (nSPS) is 15.9. The van der Waals surface area contributed by atoms with Crippen LogP contribution in [0.4, 0.5) is 74.6 Å². The van der Waals surface area contributed by atoms with Crippen molar-refractivity contribution in [2.45, 2.75) is 79.9 Å². The minimum absolute atomic E-state index is 0.954. The van der Waals surface area contributed by atoms with Crippen molar-refractivity contribution in [3.05, 3.63) is 0 Å². The molecule has 0 fully saturated rings. The molecule has 43 heavy (non-hydrogen) atoms. The average molecular weight is 719 g/mol. The van der Waals surface area contributed by atoms with Gasteiger partial charge in [0.15, 0.2) is 9.84 Å². The maximum atomic E-state index is 13.9. The van der Waals surface area contributed by atoms with Crippen LogP contribution in [0, 0.1) is 0 Å². The first-order valence-corrected chi connectivity index (χ1v) is 13.9. The van der Waals surface area contributed by atoms with Crippen LogP contribution in [0.5, 0.6) is 0 Å². The lowest BCUT2D eigenvalue weighted by Crippen LogP contribution is -2.74. The molecule has 0 aliphatic carbocycles. The van der Waals surface area contributed by atoms with Gasteiger partial charge < -0.3 is 5.32 Å². The number of halogens is 17. The molecule has 0 saturated carbocycles. The van der Waals surface area contributed by atoms with Gasteiger partial charge in [-0.1, -0.05) is 0 Å². The van der Waals surface area contributed by atoms with Crippen molar-refractivity contribution in [3.63, 3.8) is 0 Å². The monoisotopic (exact) mass is 719 g/mol. The molecule has 0 atom stereocenters. The molecule has 0 rings (SSSR count). The molecule has 0 saturated heterocycles. The second kappa shape index (κ2) is 11.5. The summed E-state index contributed by atoms with van der Waals surface area (Å²) in [6.07, 6.45) is -12.4. The summed E-state index contributed by atoms with van der Waals surface area (Å²) in [5, 5.41) is 1.82. The fourth-order valence-corrected chi connectivity index (χ4v) is 5.17. The molecule has 0 heterocycles. The Kier molecular flexibility index (Phi) is 11.0. The summed E-state index contributed by atoms with van der Waals surface area (Å²) >= 11 is 0. The van der Waals surface area contributed by atoms with Gasteiger partial charge in [-0.05, 0) is 13.8 Å². The van der Waals surface area contributed by atoms with Crippen molar-refractivity contribution in [1.29, 1.82) is 0 Å². The summed E-state index contributed by atoms with van der Waals surface area (Å²) in [6.45, 7) is 1.91. The predicted molar refractivity (Wildman–Crippen MR) is 107 cm³/mol. The number of rotatable bonds is 15. The molecule has 0 spiro atoms. The first kappa shape index (κ1) is 41.1. The van der Waals surface area contributed by atoms with Crippen LogP contribution in [0.3, 0.4) is 0 Å². The lowest BCUT2D eigenvalue weighted by Gasteiger charge is -2.42. The molecule has 0 bridgehead atoms. The molecule has 0 aromatic carbocycles. The number of hydrogen-bond donors (Lipinski definition) is 2. The third-order valence-electron chi connectivity index (χ3n) is 5.18. The Hall–Kier alpha value is -1.86. The number of amides is 1. The van der Waals surface area contributed by atoms with E-state index in [9.17, 15) is 96.3 Å². The molecule has 0 radical (unpaired) electrons. The molecule has 0 aromatic rings. The molecule has 0 aliphatic heterocycles. The van der Waals surface area contributed by atoms with Gasteiger partial charge in [0.1, 0.15) is 0 Å². The smallest absolute Gasteiger partial charge is 0.350 e. The van der Waals surface area contributed by atoms with E-state index in [1.54, 1.807) is 0 Å². The average Bonchev–Trinajstić information content (AvgIpc) is 2.73. The van der Waals surface area contributed by atoms with E-state index in [0.29, 0.717) is 0 Å². The Balaban J connectivity index is 6.06. The van der Waals surface area contributed by atoms with E-state index in [-0.39, 0.29) is 0 Å². The molecular formula is C17H18F17NO6S2. The lowest BCUT2D eigenvalue weighted by molar-refractivity contribution is -0.461. The van der Waals surface area contributed by atoms with Gasteiger partial charge in [0, 0.05) is 12.8 Å². The topological polar surface area (TPSA) is 118 Å². The predicted octanol–water partition coefficient (Wildman–Crippen LogP) is 4.97. The van der Waals surface area contributed by atoms with E-state index in [1.807, 2.05) is 5.32 Å². The van der Waals surface area contributed by atoms with E-state index >= 15 is 0 Å². The van der Waals surface area contributed by atoms with Crippen LogP contribution in [0.2, 0.25) is 0 Å². The summed E-state index contributed by atoms with van der Waals surface area (Å²) in [5.74, 6) is -64.8. The summed E-state index contributed by atoms with van der Waals surface area (Å²) < 4.78 is 279. The molecule has 0 aliphatic rings. The van der Waals surface area contributed by atoms with Gasteiger partial charge >= 0.3 is 47.6 Å². The summed E-state index contributed by atoms with van der Waals surface area (Å²) in [5.41, 5.74) is -1.82. The third kappa shape index (κ3) is 8.06. The first-order chi connectivity index (χ1) is 18.3. The van der Waals surface area contributed by atoms with Crippen molar-refractivity contribution in [2.24, 2.45) is 0 Å². The summed E-state index contributed by atoms with van der Waals surface area (Å²) in [7, 11) is -10.0. The Morgan fingerprint density at radius 3 is 1.30 bits per heavy atom. The lowest BCUT2D eigenvalue weighted by atomic mass is 9.88. The Morgan fingerprint density at radius 1 is 0.605 bits per heavy atom. The van der Waals surface area contributed by atoms with Crippen LogP contribution in [-0.4, -0.2) is 97.7 Å². The number of hydrogen-bond acceptors (Lipinski definition) is 5. The second-order valence-electron chi connectivity index (χ2n) is 9.46. The van der Waals surface area contributed by atoms with Gasteiger partial charge in [-0.15, -0.1) is 0 Å². The van der Waals surface area contributed by atoms with Gasteiger partial charge in [0.05, 0.1) is 22.8 Å². The SMILES string of the molecule is CC(C)(CS(=O)(=O)O)NC(=O)CCS(=O)(=O)CCC(F)(F)C(F)(F)C(F)(F)C(F)(F)C(F)(F)C(F)(F)C(F)(F)C(F)(F)F. The van der Waals surface area contributed by atoms with Gasteiger partial charge in [-0.2, -0.15) is 83.1 Å². The molecule has 0 aromatic heterocycles. The highest BCUT2D eigenvalue weighted by Crippen LogP contribution is 2.64. The molecule has 2 N–H and O–H groups in total. The van der Waals surface area contributed by atoms with E-state index in [2.05, 4.69) is 0 Å². The van der Waals surface area contributed by atoms with Crippen LogP contribution in [-0.2, 0) is 24.7 Å². The van der Waals surface area contributed by atoms with Gasteiger partial charge in [0.25, 0.3) is 10.1 Å². The zero-order valence-corrected chi connectivity index (χ0v) is 22.4. The second-order valence-corrected chi connectivity index (χ2v) is 13.2. The van der Waals surface area contributed by atoms with Crippen molar-refractivity contribution < 1.29 is 101 Å². The zero-order valence-electron chi connectivity index (χ0n) is 20.8. The van der Waals surface area contributed by atoms with E-state index in [4.69, 9.17) is 4.55 Å². The number of alkyl halides is 17. The summed E-state index contributed by atoms with van der Waals surface area (Å²) in [6, 6.07) is 0. The van der Waals surface area contributed by atoms with Crippen molar-refractivity contribution in [2.75, 3.05) is 17.3 Å². The maximum absolute atomic E-state index is 13.9. The quantitative estimate of drug-likeness (QED) is 0.182. The molecule has 1 amide bonds. The van der Waals surface area contributed by atoms with Crippen LogP contribution in [0.15, 0.2) is 0 Å². The van der Waals surface area contributed by atoms with Crippen LogP contribution < -0.4 is 5.32 Å². The maximum Gasteiger partial charge on any atom is 0.460 e. The van der Waals surface area contributed by atoms with E-state index in [0.717, 1.165) is 13.8 Å². The van der Waals surface area contributed by atoms with Crippen molar-refractivity contribution in [3.8, 4) is 0 Å². The standard InChI is InChI=1S/C17H18F17NO6S2/c1-9(2,7-43(39,40)41)35-8(36)3-5-42(37,38)6-4-10(18,19)11(20,21)12(22,23)13(24,25)14(26,27)15(28,29)16(30,31)17(32,33)34/h3-7H2,1-2H3,(H,35,36)(H,39,40,41). The summed E-state index contributed by atoms with van der Waals surface area (Å²) in [4.78, 5) is 11.7. The number of carbonyl (C=O) groups is 1. The minimum Gasteiger partial charge on any atom is -0.350 e. The molecule has 26 heteroatoms. The molecule has 7 nitrogen and oxygen atoms in total. The number of nitrogens with one attached hydrogen (secondary N) is 1. The van der Waals surface area contributed by atoms with Gasteiger partial charge in [-0.25, -0.2) is 8.42 Å². The fraction of sp³-hybridized carbons (Fsp3) is 0.941. The zero-order chi connectivity index (χ0) is 35.3. The van der Waals surface area contributed by atoms with Gasteiger partial charge in [0.2, 0.25) is 5.91 Å². The Morgan fingerprint density at radius 2 is 0.953 bits per heavy atom. The van der Waals surface area contributed by atoms with Crippen molar-refractivity contribution in [1.82, 2.24) is 5.32 Å². The Labute approximate surface area is 229 Å². The number of carbonyl (C=O) groups excluding carboxylic acids is 1. The Bertz CT molecular complexity index is 1240. The molecular weight excluding hydrogens is 701 g/mol. The molecule has 258 valence electrons.